The lowest BCUT2D eigenvalue weighted by molar-refractivity contribution is -0.114. The molecule has 1 aliphatic heterocycles. The molecule has 0 saturated carbocycles. The lowest BCUT2D eigenvalue weighted by Gasteiger charge is -2.32. The molecule has 0 bridgehead atoms. The van der Waals surface area contributed by atoms with Gasteiger partial charge < -0.3 is 5.32 Å². The van der Waals surface area contributed by atoms with E-state index in [1.54, 1.807) is 6.07 Å². The number of anilines is 2. The lowest BCUT2D eigenvalue weighted by Crippen LogP contribution is -2.47. The number of carbonyl (C=O) groups is 1. The van der Waals surface area contributed by atoms with Crippen LogP contribution < -0.4 is 10.6 Å². The zero-order chi connectivity index (χ0) is 30.9. The smallest absolute Gasteiger partial charge is 0.367 e. The van der Waals surface area contributed by atoms with Gasteiger partial charge in [0.05, 0.1) is 5.52 Å². The Hall–Kier alpha value is -3.45. The van der Waals surface area contributed by atoms with Crippen molar-refractivity contribution >= 4 is 61.8 Å². The molecule has 0 radical (unpaired) electrons. The second-order valence-electron chi connectivity index (χ2n) is 10.2. The number of aromatic nitrogens is 2. The van der Waals surface area contributed by atoms with Crippen molar-refractivity contribution in [1.29, 1.82) is 0 Å². The van der Waals surface area contributed by atoms with Crippen LogP contribution in [0.3, 0.4) is 0 Å². The summed E-state index contributed by atoms with van der Waals surface area (Å²) in [6, 6.07) is 20.2. The van der Waals surface area contributed by atoms with E-state index in [0.717, 1.165) is 16.7 Å². The minimum Gasteiger partial charge on any atom is -0.367 e. The normalized spacial score (nSPS) is 15.1. The lowest BCUT2D eigenvalue weighted by atomic mass is 9.84. The molecule has 2 heterocycles. The van der Waals surface area contributed by atoms with Crippen LogP contribution in [-0.2, 0) is 14.8 Å². The van der Waals surface area contributed by atoms with Crippen molar-refractivity contribution in [3.8, 4) is 0 Å². The first-order chi connectivity index (χ1) is 20.3. The van der Waals surface area contributed by atoms with E-state index >= 15 is 0 Å². The zero-order valence-corrected chi connectivity index (χ0v) is 25.0. The van der Waals surface area contributed by atoms with Crippen molar-refractivity contribution in [2.24, 2.45) is 0 Å². The Kier molecular flexibility index (Phi) is 8.85. The number of fused-ring (bicyclic) bond motifs is 1. The summed E-state index contributed by atoms with van der Waals surface area (Å²) >= 11 is 12.3. The van der Waals surface area contributed by atoms with Crippen LogP contribution in [-0.4, -0.2) is 53.2 Å². The predicted molar refractivity (Wildman–Crippen MR) is 161 cm³/mol. The summed E-state index contributed by atoms with van der Waals surface area (Å²) < 4.78 is 63.4. The number of alkyl halides is 3. The van der Waals surface area contributed by atoms with E-state index in [1.807, 2.05) is 60.7 Å². The molecule has 1 fully saturated rings. The highest BCUT2D eigenvalue weighted by Gasteiger charge is 2.50. The molecule has 0 unspecified atom stereocenters. The van der Waals surface area contributed by atoms with Gasteiger partial charge in [0.15, 0.2) is 0 Å². The fraction of sp³-hybridized carbons (Fsp3) is 0.276. The number of nitrogens with one attached hydrogen (secondary N) is 2. The average Bonchev–Trinajstić information content (AvgIpc) is 2.95. The van der Waals surface area contributed by atoms with E-state index in [2.05, 4.69) is 20.6 Å². The molecule has 2 N–H and O–H groups in total. The molecule has 4 aromatic rings. The largest absolute Gasteiger partial charge is 0.511 e. The number of nitrogens with zero attached hydrogens (tertiary/aromatic N) is 3. The van der Waals surface area contributed by atoms with Gasteiger partial charge in [-0.15, -0.1) is 0 Å². The number of amides is 1. The second kappa shape index (κ2) is 12.3. The maximum Gasteiger partial charge on any atom is 0.511 e. The molecular weight excluding hydrogens is 626 g/mol. The van der Waals surface area contributed by atoms with Gasteiger partial charge >= 0.3 is 15.5 Å². The highest BCUT2D eigenvalue weighted by Crippen LogP contribution is 2.36. The number of benzene rings is 3. The summed E-state index contributed by atoms with van der Waals surface area (Å²) in [6.07, 6.45) is 0.238. The first kappa shape index (κ1) is 31.0. The van der Waals surface area contributed by atoms with Gasteiger partial charge in [0.25, 0.3) is 0 Å². The third-order valence-electron chi connectivity index (χ3n) is 7.17. The quantitative estimate of drug-likeness (QED) is 0.213. The van der Waals surface area contributed by atoms with Gasteiger partial charge in [-0.2, -0.15) is 22.5 Å². The van der Waals surface area contributed by atoms with Crippen LogP contribution in [0.2, 0.25) is 10.0 Å². The first-order valence-electron chi connectivity index (χ1n) is 13.2. The van der Waals surface area contributed by atoms with Crippen molar-refractivity contribution in [3.63, 3.8) is 0 Å². The number of sulfonamides is 1. The monoisotopic (exact) mass is 651 g/mol. The molecule has 0 aliphatic carbocycles. The van der Waals surface area contributed by atoms with E-state index < -0.39 is 15.5 Å². The van der Waals surface area contributed by atoms with Gasteiger partial charge in [-0.3, -0.25) is 10.1 Å². The Labute approximate surface area is 256 Å². The molecule has 0 spiro atoms. The van der Waals surface area contributed by atoms with Crippen LogP contribution in [0.25, 0.3) is 10.9 Å². The average molecular weight is 653 g/mol. The highest BCUT2D eigenvalue weighted by atomic mass is 35.5. The minimum atomic E-state index is -5.41. The number of carbonyl (C=O) groups excluding carboxylic acids is 1. The zero-order valence-electron chi connectivity index (χ0n) is 22.7. The van der Waals surface area contributed by atoms with Crippen molar-refractivity contribution in [3.05, 3.63) is 93.5 Å². The summed E-state index contributed by atoms with van der Waals surface area (Å²) in [7, 11) is -5.41. The number of hydrogen-bond acceptors (Lipinski definition) is 6. The van der Waals surface area contributed by atoms with Crippen molar-refractivity contribution in [2.75, 3.05) is 23.7 Å². The van der Waals surface area contributed by atoms with Crippen LogP contribution in [0, 0.1) is 0 Å². The number of rotatable bonds is 7. The Morgan fingerprint density at radius 3 is 1.95 bits per heavy atom. The molecule has 14 heteroatoms. The summed E-state index contributed by atoms with van der Waals surface area (Å²) in [4.78, 5) is 20.8. The standard InChI is InChI=1S/C29H26Cl2F3N5O3S/c1-17(40)35-28-37-25-11-6-20(26(18-2-7-21(30)8-3-18)19-4-9-22(31)10-5-19)16-24(25)27(38-28)36-23-12-14-39(15-13-23)43(41,42)29(32,33)34/h2-11,16,23,26H,12-15H2,1H3,(H2,35,36,37,38,40). The molecule has 5 rings (SSSR count). The fourth-order valence-electron chi connectivity index (χ4n) is 5.12. The predicted octanol–water partition coefficient (Wildman–Crippen LogP) is 6.80. The second-order valence-corrected chi connectivity index (χ2v) is 13.0. The molecule has 3 aromatic carbocycles. The maximum absolute atomic E-state index is 13.1. The summed E-state index contributed by atoms with van der Waals surface area (Å²) in [5, 5.41) is 7.65. The van der Waals surface area contributed by atoms with Gasteiger partial charge in [0, 0.05) is 47.4 Å². The van der Waals surface area contributed by atoms with Gasteiger partial charge in [-0.25, -0.2) is 13.4 Å². The van der Waals surface area contributed by atoms with Gasteiger partial charge in [0.1, 0.15) is 5.82 Å². The summed E-state index contributed by atoms with van der Waals surface area (Å²) in [5.74, 6) is -0.186. The fourth-order valence-corrected chi connectivity index (χ4v) is 6.35. The molecule has 43 heavy (non-hydrogen) atoms. The number of piperidine rings is 1. The Morgan fingerprint density at radius 2 is 1.44 bits per heavy atom. The maximum atomic E-state index is 13.1. The molecule has 1 aromatic heterocycles. The Balaban J connectivity index is 1.53. The Bertz CT molecular complexity index is 1700. The van der Waals surface area contributed by atoms with Crippen molar-refractivity contribution < 1.29 is 26.4 Å². The van der Waals surface area contributed by atoms with Gasteiger partial charge in [-0.05, 0) is 65.9 Å². The van der Waals surface area contributed by atoms with E-state index in [0.29, 0.717) is 31.1 Å². The molecule has 226 valence electrons. The van der Waals surface area contributed by atoms with Crippen molar-refractivity contribution in [2.45, 2.75) is 37.2 Å². The van der Waals surface area contributed by atoms with E-state index in [4.69, 9.17) is 23.2 Å². The minimum absolute atomic E-state index is 0.0549. The molecule has 0 atom stereocenters. The molecule has 8 nitrogen and oxygen atoms in total. The van der Waals surface area contributed by atoms with Crippen LogP contribution in [0.15, 0.2) is 66.7 Å². The van der Waals surface area contributed by atoms with E-state index in [1.165, 1.54) is 6.92 Å². The van der Waals surface area contributed by atoms with E-state index in [-0.39, 0.29) is 49.7 Å². The molecular formula is C29H26Cl2F3N5O3S. The first-order valence-corrected chi connectivity index (χ1v) is 15.4. The van der Waals surface area contributed by atoms with Crippen LogP contribution in [0.1, 0.15) is 42.4 Å². The van der Waals surface area contributed by atoms with Crippen LogP contribution >= 0.6 is 23.2 Å². The van der Waals surface area contributed by atoms with Gasteiger partial charge in [0.2, 0.25) is 11.9 Å². The summed E-state index contributed by atoms with van der Waals surface area (Å²) in [6.45, 7) is 0.715. The number of hydrogen-bond donors (Lipinski definition) is 2. The molecule has 1 amide bonds. The number of halogens is 5. The van der Waals surface area contributed by atoms with Crippen LogP contribution in [0.5, 0.6) is 0 Å². The summed E-state index contributed by atoms with van der Waals surface area (Å²) in [5.41, 5.74) is -2.01. The SMILES string of the molecule is CC(=O)Nc1nc(NC2CCN(S(=O)(=O)C(F)(F)F)CC2)c2cc(C(c3ccc(Cl)cc3)c3ccc(Cl)cc3)ccc2n1. The van der Waals surface area contributed by atoms with E-state index in [9.17, 15) is 26.4 Å². The topological polar surface area (TPSA) is 104 Å². The van der Waals surface area contributed by atoms with Crippen molar-refractivity contribution in [1.82, 2.24) is 14.3 Å². The highest BCUT2D eigenvalue weighted by molar-refractivity contribution is 7.90. The third kappa shape index (κ3) is 6.87. The van der Waals surface area contributed by atoms with Crippen LogP contribution in [0.4, 0.5) is 24.9 Å². The van der Waals surface area contributed by atoms with Gasteiger partial charge in [-0.1, -0.05) is 53.5 Å². The Morgan fingerprint density at radius 1 is 0.907 bits per heavy atom. The third-order valence-corrected chi connectivity index (χ3v) is 9.31. The molecule has 1 aliphatic rings. The molecule has 1 saturated heterocycles.